The molecule has 0 unspecified atom stereocenters. The Balaban J connectivity index is 2.47. The summed E-state index contributed by atoms with van der Waals surface area (Å²) in [5, 5.41) is 0. The third kappa shape index (κ3) is 31.3. The smallest absolute Gasteiger partial charge is 0.306 e. The van der Waals surface area contributed by atoms with Crippen molar-refractivity contribution in [2.24, 2.45) is 5.92 Å². The Hall–Kier alpha value is -1.72. The summed E-state index contributed by atoms with van der Waals surface area (Å²) in [6.45, 7) is 6.71. The van der Waals surface area contributed by atoms with E-state index in [1.165, 1.54) is 177 Å². The molecule has 0 aliphatic carbocycles. The highest BCUT2D eigenvalue weighted by atomic mass is 16.5. The molecule has 0 aliphatic rings. The standard InChI is InChI=1S/C51H93NO4/c1-6-8-10-12-14-16-22-29-36-48(37-30-23-17-15-13-11-9-7-2)50(53)38-31-25-19-18-21-27-34-46-40-41-47(35-28-24-20-26-32-43-55-5)49(44-46)45-56-51(54)39-33-42-52(3)4/h40-41,44,48H,6-39,42-43,45H2,1-5H3. The average molecular weight is 784 g/mol. The molecule has 5 heteroatoms. The van der Waals surface area contributed by atoms with Gasteiger partial charge in [0.2, 0.25) is 0 Å². The maximum Gasteiger partial charge on any atom is 0.306 e. The monoisotopic (exact) mass is 784 g/mol. The molecule has 56 heavy (non-hydrogen) atoms. The second-order valence-electron chi connectivity index (χ2n) is 17.5. The molecule has 0 aliphatic heterocycles. The van der Waals surface area contributed by atoms with Gasteiger partial charge in [-0.2, -0.15) is 0 Å². The van der Waals surface area contributed by atoms with Crippen molar-refractivity contribution in [1.29, 1.82) is 0 Å². The van der Waals surface area contributed by atoms with Crippen molar-refractivity contribution < 1.29 is 19.1 Å². The van der Waals surface area contributed by atoms with Crippen LogP contribution in [0.2, 0.25) is 0 Å². The van der Waals surface area contributed by atoms with E-state index in [1.807, 2.05) is 14.1 Å². The van der Waals surface area contributed by atoms with E-state index in [4.69, 9.17) is 9.47 Å². The first-order valence-corrected chi connectivity index (χ1v) is 24.3. The first kappa shape index (κ1) is 52.3. The lowest BCUT2D eigenvalue weighted by Crippen LogP contribution is -2.15. The molecule has 1 rings (SSSR count). The number of ketones is 1. The van der Waals surface area contributed by atoms with Crippen LogP contribution in [0, 0.1) is 5.92 Å². The predicted octanol–water partition coefficient (Wildman–Crippen LogP) is 14.7. The van der Waals surface area contributed by atoms with Gasteiger partial charge in [0.1, 0.15) is 12.4 Å². The second-order valence-corrected chi connectivity index (χ2v) is 17.5. The van der Waals surface area contributed by atoms with Gasteiger partial charge in [0.05, 0.1) is 0 Å². The van der Waals surface area contributed by atoms with E-state index in [0.717, 1.165) is 64.5 Å². The van der Waals surface area contributed by atoms with Gasteiger partial charge in [-0.1, -0.05) is 180 Å². The molecular formula is C51H93NO4. The third-order valence-corrected chi connectivity index (χ3v) is 11.8. The Labute approximate surface area is 348 Å². The molecule has 0 aromatic heterocycles. The van der Waals surface area contributed by atoms with E-state index in [-0.39, 0.29) is 5.97 Å². The summed E-state index contributed by atoms with van der Waals surface area (Å²) in [4.78, 5) is 28.0. The van der Waals surface area contributed by atoms with Gasteiger partial charge in [0.15, 0.2) is 0 Å². The van der Waals surface area contributed by atoms with Crippen molar-refractivity contribution in [3.8, 4) is 0 Å². The van der Waals surface area contributed by atoms with Crippen LogP contribution in [0.1, 0.15) is 236 Å². The van der Waals surface area contributed by atoms with Crippen molar-refractivity contribution in [3.05, 3.63) is 34.9 Å². The molecular weight excluding hydrogens is 691 g/mol. The Kier molecular flexibility index (Phi) is 36.2. The van der Waals surface area contributed by atoms with Gasteiger partial charge in [-0.15, -0.1) is 0 Å². The lowest BCUT2D eigenvalue weighted by molar-refractivity contribution is -0.145. The van der Waals surface area contributed by atoms with Crippen LogP contribution in [0.5, 0.6) is 0 Å². The lowest BCUT2D eigenvalue weighted by atomic mass is 9.88. The molecule has 0 radical (unpaired) electrons. The van der Waals surface area contributed by atoms with Gasteiger partial charge in [0.25, 0.3) is 0 Å². The van der Waals surface area contributed by atoms with E-state index < -0.39 is 0 Å². The van der Waals surface area contributed by atoms with E-state index in [2.05, 4.69) is 36.9 Å². The molecule has 0 saturated carbocycles. The molecule has 0 bridgehead atoms. The number of benzene rings is 1. The molecule has 5 nitrogen and oxygen atoms in total. The maximum absolute atomic E-state index is 13.4. The van der Waals surface area contributed by atoms with Crippen LogP contribution in [0.3, 0.4) is 0 Å². The van der Waals surface area contributed by atoms with Crippen molar-refractivity contribution in [3.63, 3.8) is 0 Å². The zero-order chi connectivity index (χ0) is 40.7. The van der Waals surface area contributed by atoms with Crippen LogP contribution in [0.4, 0.5) is 0 Å². The largest absolute Gasteiger partial charge is 0.461 e. The van der Waals surface area contributed by atoms with Crippen LogP contribution in [-0.2, 0) is 38.5 Å². The van der Waals surface area contributed by atoms with E-state index in [0.29, 0.717) is 24.7 Å². The molecule has 326 valence electrons. The zero-order valence-corrected chi connectivity index (χ0v) is 38.1. The third-order valence-electron chi connectivity index (χ3n) is 11.8. The van der Waals surface area contributed by atoms with Gasteiger partial charge in [-0.05, 0) is 95.1 Å². The minimum Gasteiger partial charge on any atom is -0.461 e. The first-order chi connectivity index (χ1) is 27.4. The molecule has 0 heterocycles. The summed E-state index contributed by atoms with van der Waals surface area (Å²) in [5.41, 5.74) is 3.88. The predicted molar refractivity (Wildman–Crippen MR) is 242 cm³/mol. The number of nitrogens with zero attached hydrogens (tertiary/aromatic N) is 1. The second kappa shape index (κ2) is 38.8. The summed E-state index contributed by atoms with van der Waals surface area (Å²) in [6.07, 6.45) is 41.0. The van der Waals surface area contributed by atoms with Crippen molar-refractivity contribution in [2.75, 3.05) is 34.4 Å². The quantitative estimate of drug-likeness (QED) is 0.0488. The number of aryl methyl sites for hydroxylation is 2. The Bertz CT molecular complexity index is 1020. The number of methoxy groups -OCH3 is 1. The van der Waals surface area contributed by atoms with E-state index in [1.54, 1.807) is 7.11 Å². The Morgan fingerprint density at radius 3 is 1.61 bits per heavy atom. The zero-order valence-electron chi connectivity index (χ0n) is 38.1. The summed E-state index contributed by atoms with van der Waals surface area (Å²) in [6, 6.07) is 6.91. The Morgan fingerprint density at radius 2 is 1.05 bits per heavy atom. The van der Waals surface area contributed by atoms with E-state index >= 15 is 0 Å². The van der Waals surface area contributed by atoms with Crippen LogP contribution >= 0.6 is 0 Å². The van der Waals surface area contributed by atoms with Crippen LogP contribution in [-0.4, -0.2) is 51.0 Å². The lowest BCUT2D eigenvalue weighted by Gasteiger charge is -2.16. The summed E-state index contributed by atoms with van der Waals surface area (Å²) in [5.74, 6) is 0.783. The minimum atomic E-state index is -0.0921. The highest BCUT2D eigenvalue weighted by Gasteiger charge is 2.17. The number of hydrogen-bond donors (Lipinski definition) is 0. The van der Waals surface area contributed by atoms with Crippen LogP contribution in [0.15, 0.2) is 18.2 Å². The molecule has 0 atom stereocenters. The highest BCUT2D eigenvalue weighted by molar-refractivity contribution is 5.80. The number of ether oxygens (including phenoxy) is 2. The van der Waals surface area contributed by atoms with Crippen LogP contribution in [0.25, 0.3) is 0 Å². The molecule has 0 N–H and O–H groups in total. The number of carbonyl (C=O) groups is 2. The molecule has 0 fully saturated rings. The van der Waals surface area contributed by atoms with Gasteiger partial charge in [0, 0.05) is 32.5 Å². The first-order valence-electron chi connectivity index (χ1n) is 24.3. The van der Waals surface area contributed by atoms with Gasteiger partial charge >= 0.3 is 5.97 Å². The molecule has 0 spiro atoms. The van der Waals surface area contributed by atoms with Crippen molar-refractivity contribution >= 4 is 11.8 Å². The molecule has 1 aromatic rings. The summed E-state index contributed by atoms with van der Waals surface area (Å²) in [7, 11) is 5.85. The van der Waals surface area contributed by atoms with Crippen molar-refractivity contribution in [2.45, 2.75) is 239 Å². The Morgan fingerprint density at radius 1 is 0.554 bits per heavy atom. The number of esters is 1. The topological polar surface area (TPSA) is 55.8 Å². The SMILES string of the molecule is CCCCCCCCCCC(CCCCCCCCCC)C(=O)CCCCCCCCc1ccc(CCCCCCCOC)c(COC(=O)CCCN(C)C)c1. The highest BCUT2D eigenvalue weighted by Crippen LogP contribution is 2.24. The average Bonchev–Trinajstić information content (AvgIpc) is 3.19. The molecule has 0 saturated heterocycles. The van der Waals surface area contributed by atoms with E-state index in [9.17, 15) is 9.59 Å². The maximum atomic E-state index is 13.4. The minimum absolute atomic E-state index is 0.0921. The summed E-state index contributed by atoms with van der Waals surface area (Å²) < 4.78 is 11.0. The van der Waals surface area contributed by atoms with Crippen LogP contribution < -0.4 is 0 Å². The normalized spacial score (nSPS) is 11.6. The van der Waals surface area contributed by atoms with Gasteiger partial charge in [-0.3, -0.25) is 9.59 Å². The fraction of sp³-hybridized carbons (Fsp3) is 0.843. The number of carbonyl (C=O) groups excluding carboxylic acids is 2. The molecule has 1 aromatic carbocycles. The number of unbranched alkanes of at least 4 members (excludes halogenated alkanes) is 23. The van der Waals surface area contributed by atoms with Gasteiger partial charge in [-0.25, -0.2) is 0 Å². The number of hydrogen-bond acceptors (Lipinski definition) is 5. The van der Waals surface area contributed by atoms with Crippen molar-refractivity contribution in [1.82, 2.24) is 4.90 Å². The molecule has 0 amide bonds. The summed E-state index contributed by atoms with van der Waals surface area (Å²) >= 11 is 0. The van der Waals surface area contributed by atoms with Gasteiger partial charge < -0.3 is 14.4 Å². The number of Topliss-reactive ketones (excluding diaryl/α,β-unsaturated/α-hetero) is 1. The number of rotatable bonds is 42. The fourth-order valence-corrected chi connectivity index (χ4v) is 8.13. The fourth-order valence-electron chi connectivity index (χ4n) is 8.13.